The van der Waals surface area contributed by atoms with Gasteiger partial charge in [0.05, 0.1) is 16.5 Å². The second kappa shape index (κ2) is 17.4. The average molecular weight is 891 g/mol. The molecule has 0 saturated carbocycles. The van der Waals surface area contributed by atoms with Gasteiger partial charge in [0.25, 0.3) is 11.8 Å². The summed E-state index contributed by atoms with van der Waals surface area (Å²) in [6.07, 6.45) is 12.0. The zero-order chi connectivity index (χ0) is 45.1. The number of anilines is 2. The van der Waals surface area contributed by atoms with Crippen LogP contribution < -0.4 is 25.2 Å². The molecule has 2 bridgehead atoms. The zero-order valence-electron chi connectivity index (χ0n) is 36.7. The van der Waals surface area contributed by atoms with E-state index in [1.807, 2.05) is 42.5 Å². The van der Waals surface area contributed by atoms with Crippen LogP contribution in [0.15, 0.2) is 60.8 Å². The molecule has 11 rings (SSSR count). The van der Waals surface area contributed by atoms with Crippen molar-refractivity contribution in [1.29, 1.82) is 0 Å². The van der Waals surface area contributed by atoms with Gasteiger partial charge in [0.2, 0.25) is 11.8 Å². The highest BCUT2D eigenvalue weighted by molar-refractivity contribution is 6.23. The van der Waals surface area contributed by atoms with Gasteiger partial charge in [-0.3, -0.25) is 39.3 Å². The zero-order valence-corrected chi connectivity index (χ0v) is 36.7. The SMILES string of the molecule is C#Cc1cccc2cccc(-c3ncc4c(N5CC6CCC(C5)N6)nc(OCCN5CCN(CC6CCN(c7ccc8c(c7)C(=O)N(C7CCC(=O)NC7=O)C8=O)CC6)CC5)nc4c3F)c12. The molecule has 6 aliphatic rings. The number of hydrogen-bond donors (Lipinski definition) is 2. The molecular formula is C50H51FN10O5. The number of fused-ring (bicyclic) bond motifs is 5. The number of carbonyl (C=O) groups is 4. The summed E-state index contributed by atoms with van der Waals surface area (Å²) >= 11 is 0. The Kier molecular flexibility index (Phi) is 11.1. The monoisotopic (exact) mass is 890 g/mol. The number of halogens is 1. The maximum absolute atomic E-state index is 16.9. The van der Waals surface area contributed by atoms with Crippen LogP contribution in [-0.2, 0) is 9.59 Å². The molecule has 5 fully saturated rings. The molecule has 0 spiro atoms. The van der Waals surface area contributed by atoms with Crippen molar-refractivity contribution in [3.05, 3.63) is 83.3 Å². The van der Waals surface area contributed by atoms with Crippen LogP contribution in [0.1, 0.15) is 64.8 Å². The van der Waals surface area contributed by atoms with Gasteiger partial charge in [-0.2, -0.15) is 9.97 Å². The summed E-state index contributed by atoms with van der Waals surface area (Å²) in [5.41, 5.74) is 3.15. The number of nitrogens with one attached hydrogen (secondary N) is 2. The summed E-state index contributed by atoms with van der Waals surface area (Å²) in [6.45, 7) is 8.98. The Hall–Kier alpha value is -6.54. The number of imide groups is 2. The van der Waals surface area contributed by atoms with Gasteiger partial charge in [0.15, 0.2) is 5.82 Å². The van der Waals surface area contributed by atoms with Gasteiger partial charge in [-0.05, 0) is 67.7 Å². The van der Waals surface area contributed by atoms with Crippen molar-refractivity contribution in [3.8, 4) is 29.6 Å². The lowest BCUT2D eigenvalue weighted by Gasteiger charge is -2.39. The first-order valence-corrected chi connectivity index (χ1v) is 23.2. The van der Waals surface area contributed by atoms with Crippen LogP contribution >= 0.6 is 0 Å². The number of aromatic nitrogens is 3. The summed E-state index contributed by atoms with van der Waals surface area (Å²) in [4.78, 5) is 75.5. The third-order valence-corrected chi connectivity index (χ3v) is 14.5. The maximum Gasteiger partial charge on any atom is 0.319 e. The molecule has 0 radical (unpaired) electrons. The van der Waals surface area contributed by atoms with Crippen molar-refractivity contribution in [3.63, 3.8) is 0 Å². The predicted molar refractivity (Wildman–Crippen MR) is 247 cm³/mol. The Morgan fingerprint density at radius 1 is 0.803 bits per heavy atom. The molecule has 5 saturated heterocycles. The van der Waals surface area contributed by atoms with Gasteiger partial charge in [-0.1, -0.05) is 36.3 Å². The molecule has 2 aromatic heterocycles. The van der Waals surface area contributed by atoms with E-state index < -0.39 is 35.5 Å². The van der Waals surface area contributed by atoms with Crippen molar-refractivity contribution in [2.75, 3.05) is 81.9 Å². The number of pyridine rings is 1. The number of piperazine rings is 2. The number of terminal acetylenes is 1. The van der Waals surface area contributed by atoms with Crippen molar-refractivity contribution in [1.82, 2.24) is 40.3 Å². The molecule has 0 aliphatic carbocycles. The lowest BCUT2D eigenvalue weighted by molar-refractivity contribution is -0.136. The minimum Gasteiger partial charge on any atom is -0.462 e. The molecule has 6 aliphatic heterocycles. The fourth-order valence-electron chi connectivity index (χ4n) is 11.0. The Morgan fingerprint density at radius 2 is 1.55 bits per heavy atom. The highest BCUT2D eigenvalue weighted by Crippen LogP contribution is 2.38. The fourth-order valence-corrected chi connectivity index (χ4v) is 11.0. The van der Waals surface area contributed by atoms with E-state index in [9.17, 15) is 19.2 Å². The molecule has 15 nitrogen and oxygen atoms in total. The van der Waals surface area contributed by atoms with Crippen LogP contribution in [0.25, 0.3) is 32.9 Å². The van der Waals surface area contributed by atoms with E-state index in [0.717, 1.165) is 106 Å². The van der Waals surface area contributed by atoms with E-state index in [-0.39, 0.29) is 30.1 Å². The van der Waals surface area contributed by atoms with Crippen molar-refractivity contribution < 1.29 is 28.3 Å². The number of amides is 4. The van der Waals surface area contributed by atoms with Gasteiger partial charge in [-0.25, -0.2) is 4.39 Å². The highest BCUT2D eigenvalue weighted by Gasteiger charge is 2.45. The van der Waals surface area contributed by atoms with E-state index >= 15 is 4.39 Å². The molecule has 4 amide bonds. The molecule has 2 N–H and O–H groups in total. The van der Waals surface area contributed by atoms with Crippen LogP contribution in [-0.4, -0.2) is 143 Å². The van der Waals surface area contributed by atoms with Gasteiger partial charge >= 0.3 is 6.01 Å². The summed E-state index contributed by atoms with van der Waals surface area (Å²) in [6, 6.07) is 16.7. The number of rotatable bonds is 10. The van der Waals surface area contributed by atoms with Gasteiger partial charge in [0, 0.05) is 112 Å². The number of carbonyl (C=O) groups excluding carboxylic acids is 4. The Bertz CT molecular complexity index is 2820. The third-order valence-electron chi connectivity index (χ3n) is 14.5. The molecule has 66 heavy (non-hydrogen) atoms. The molecule has 338 valence electrons. The lowest BCUT2D eigenvalue weighted by atomic mass is 9.95. The lowest BCUT2D eigenvalue weighted by Crippen LogP contribution is -2.54. The molecule has 16 heteroatoms. The van der Waals surface area contributed by atoms with Crippen LogP contribution in [0.2, 0.25) is 0 Å². The second-order valence-corrected chi connectivity index (χ2v) is 18.5. The molecule has 3 unspecified atom stereocenters. The van der Waals surface area contributed by atoms with Crippen LogP contribution in [0, 0.1) is 24.1 Å². The number of benzene rings is 3. The molecule has 3 atom stereocenters. The predicted octanol–water partition coefficient (Wildman–Crippen LogP) is 4.22. The summed E-state index contributed by atoms with van der Waals surface area (Å²) in [5, 5.41) is 8.17. The van der Waals surface area contributed by atoms with E-state index in [0.29, 0.717) is 64.6 Å². The number of ether oxygens (including phenoxy) is 1. The van der Waals surface area contributed by atoms with Gasteiger partial charge in [0.1, 0.15) is 29.7 Å². The van der Waals surface area contributed by atoms with E-state index in [2.05, 4.69) is 36.2 Å². The van der Waals surface area contributed by atoms with E-state index in [1.54, 1.807) is 18.3 Å². The Morgan fingerprint density at radius 3 is 2.30 bits per heavy atom. The van der Waals surface area contributed by atoms with Crippen molar-refractivity contribution in [2.45, 2.75) is 56.7 Å². The highest BCUT2D eigenvalue weighted by atomic mass is 19.1. The number of nitrogens with zero attached hydrogens (tertiary/aromatic N) is 8. The smallest absolute Gasteiger partial charge is 0.319 e. The van der Waals surface area contributed by atoms with E-state index in [1.165, 1.54) is 0 Å². The molecule has 5 aromatic rings. The van der Waals surface area contributed by atoms with Crippen molar-refractivity contribution >= 4 is 56.8 Å². The van der Waals surface area contributed by atoms with Crippen LogP contribution in [0.3, 0.4) is 0 Å². The normalized spacial score (nSPS) is 22.9. The number of piperidine rings is 2. The summed E-state index contributed by atoms with van der Waals surface area (Å²) < 4.78 is 23.2. The minimum absolute atomic E-state index is 0.0879. The summed E-state index contributed by atoms with van der Waals surface area (Å²) in [5.74, 6) is 1.43. The molecular weight excluding hydrogens is 840 g/mol. The van der Waals surface area contributed by atoms with Crippen LogP contribution in [0.5, 0.6) is 6.01 Å². The first-order valence-electron chi connectivity index (χ1n) is 23.2. The van der Waals surface area contributed by atoms with E-state index in [4.69, 9.17) is 26.1 Å². The molecule has 8 heterocycles. The van der Waals surface area contributed by atoms with Gasteiger partial charge < -0.3 is 24.8 Å². The van der Waals surface area contributed by atoms with Crippen LogP contribution in [0.4, 0.5) is 15.9 Å². The number of hydrogen-bond acceptors (Lipinski definition) is 13. The Labute approximate surface area is 381 Å². The topological polar surface area (TPSA) is 156 Å². The van der Waals surface area contributed by atoms with Gasteiger partial charge in [-0.15, -0.1) is 6.42 Å². The minimum atomic E-state index is -0.979. The quantitative estimate of drug-likeness (QED) is 0.152. The largest absolute Gasteiger partial charge is 0.462 e. The average Bonchev–Trinajstić information content (AvgIpc) is 3.80. The fraction of sp³-hybridized carbons (Fsp3) is 0.420. The molecule has 3 aromatic carbocycles. The standard InChI is InChI=1S/C50H51FN10O5/c1-2-31-5-3-6-32-7-4-8-37(42(31)32)44-43(51)45-39(26-52-44)46(60-28-33-9-10-34(29-60)53-33)56-50(55-45)66-24-23-57-19-21-58(22-20-57)27-30-15-17-59(18-16-30)35-11-12-36-38(25-35)49(65)61(48(36)64)40-13-14-41(62)54-47(40)63/h1,3-8,11-12,25-26,30,33-34,40,53H,9-10,13-24,27-29H2,(H,54,62,63). The maximum atomic E-state index is 16.9. The second-order valence-electron chi connectivity index (χ2n) is 18.5. The first-order chi connectivity index (χ1) is 32.2. The third kappa shape index (κ3) is 7.78. The Balaban J connectivity index is 0.709. The first kappa shape index (κ1) is 42.1. The van der Waals surface area contributed by atoms with Crippen molar-refractivity contribution in [2.24, 2.45) is 5.92 Å². The summed E-state index contributed by atoms with van der Waals surface area (Å²) in [7, 11) is 0.